The molecule has 0 radical (unpaired) electrons. The van der Waals surface area contributed by atoms with E-state index in [4.69, 9.17) is 14.6 Å². The molecule has 2 aliphatic heterocycles. The highest BCUT2D eigenvalue weighted by atomic mass is 16.6. The number of amides is 1. The van der Waals surface area contributed by atoms with Crippen LogP contribution in [-0.2, 0) is 0 Å². The van der Waals surface area contributed by atoms with Crippen LogP contribution in [0.15, 0.2) is 18.2 Å². The minimum Gasteiger partial charge on any atom is -0.486 e. The van der Waals surface area contributed by atoms with Crippen molar-refractivity contribution in [2.45, 2.75) is 0 Å². The van der Waals surface area contributed by atoms with Gasteiger partial charge in [0.1, 0.15) is 13.2 Å². The number of nitrogens with zero attached hydrogens (tertiary/aromatic N) is 1. The highest BCUT2D eigenvalue weighted by Crippen LogP contribution is 2.35. The SMILES string of the molecule is O=C(c1cccc2c1OCCO2)N1CC(CO)C1. The van der Waals surface area contributed by atoms with E-state index in [2.05, 4.69) is 0 Å². The summed E-state index contributed by atoms with van der Waals surface area (Å²) in [5, 5.41) is 8.97. The molecule has 0 saturated carbocycles. The van der Waals surface area contributed by atoms with Crippen LogP contribution in [0.5, 0.6) is 11.5 Å². The van der Waals surface area contributed by atoms with Crippen molar-refractivity contribution < 1.29 is 19.4 Å². The van der Waals surface area contributed by atoms with Crippen LogP contribution in [0.4, 0.5) is 0 Å². The van der Waals surface area contributed by atoms with Gasteiger partial charge in [0, 0.05) is 25.6 Å². The number of hydrogen-bond donors (Lipinski definition) is 1. The lowest BCUT2D eigenvalue weighted by molar-refractivity contribution is 0.0355. The van der Waals surface area contributed by atoms with Crippen LogP contribution in [0.2, 0.25) is 0 Å². The van der Waals surface area contributed by atoms with Gasteiger partial charge in [-0.2, -0.15) is 0 Å². The summed E-state index contributed by atoms with van der Waals surface area (Å²) in [4.78, 5) is 14.0. The standard InChI is InChI=1S/C13H15NO4/c15-8-9-6-14(7-9)13(16)10-2-1-3-11-12(10)18-5-4-17-11/h1-3,9,15H,4-8H2. The molecule has 1 saturated heterocycles. The Balaban J connectivity index is 1.82. The van der Waals surface area contributed by atoms with Crippen molar-refractivity contribution in [3.63, 3.8) is 0 Å². The van der Waals surface area contributed by atoms with Gasteiger partial charge in [0.25, 0.3) is 5.91 Å². The molecule has 1 N–H and O–H groups in total. The largest absolute Gasteiger partial charge is 0.486 e. The van der Waals surface area contributed by atoms with Gasteiger partial charge >= 0.3 is 0 Å². The summed E-state index contributed by atoms with van der Waals surface area (Å²) in [5.41, 5.74) is 0.545. The highest BCUT2D eigenvalue weighted by Gasteiger charge is 2.33. The molecular formula is C13H15NO4. The zero-order valence-corrected chi connectivity index (χ0v) is 9.96. The molecular weight excluding hydrogens is 234 g/mol. The van der Waals surface area contributed by atoms with E-state index >= 15 is 0 Å². The molecule has 1 aromatic rings. The van der Waals surface area contributed by atoms with E-state index in [1.807, 2.05) is 0 Å². The first-order chi connectivity index (χ1) is 8.79. The second kappa shape index (κ2) is 4.49. The van der Waals surface area contributed by atoms with Gasteiger partial charge in [-0.15, -0.1) is 0 Å². The Morgan fingerprint density at radius 2 is 2.11 bits per heavy atom. The van der Waals surface area contributed by atoms with Crippen molar-refractivity contribution in [2.24, 2.45) is 5.92 Å². The Morgan fingerprint density at radius 1 is 1.33 bits per heavy atom. The first-order valence-corrected chi connectivity index (χ1v) is 6.08. The summed E-state index contributed by atoms with van der Waals surface area (Å²) in [6.45, 7) is 2.34. The van der Waals surface area contributed by atoms with E-state index < -0.39 is 0 Å². The van der Waals surface area contributed by atoms with Crippen LogP contribution in [0.1, 0.15) is 10.4 Å². The Kier molecular flexibility index (Phi) is 2.83. The number of para-hydroxylation sites is 1. The first kappa shape index (κ1) is 11.3. The molecule has 1 amide bonds. The quantitative estimate of drug-likeness (QED) is 0.830. The minimum absolute atomic E-state index is 0.0537. The lowest BCUT2D eigenvalue weighted by atomic mass is 9.99. The fraction of sp³-hybridized carbons (Fsp3) is 0.462. The summed E-state index contributed by atoms with van der Waals surface area (Å²) in [6, 6.07) is 5.35. The van der Waals surface area contributed by atoms with Crippen LogP contribution in [-0.4, -0.2) is 48.8 Å². The number of benzene rings is 1. The molecule has 0 aromatic heterocycles. The molecule has 0 bridgehead atoms. The predicted octanol–water partition coefficient (Wildman–Crippen LogP) is 0.522. The fourth-order valence-corrected chi connectivity index (χ4v) is 2.26. The Morgan fingerprint density at radius 3 is 2.89 bits per heavy atom. The zero-order chi connectivity index (χ0) is 12.5. The third-order valence-corrected chi connectivity index (χ3v) is 3.30. The maximum Gasteiger partial charge on any atom is 0.257 e. The number of rotatable bonds is 2. The van der Waals surface area contributed by atoms with E-state index in [0.717, 1.165) is 0 Å². The number of aliphatic hydroxyl groups is 1. The van der Waals surface area contributed by atoms with Gasteiger partial charge < -0.3 is 19.5 Å². The van der Waals surface area contributed by atoms with Crippen molar-refractivity contribution in [1.82, 2.24) is 4.90 Å². The number of carbonyl (C=O) groups excluding carboxylic acids is 1. The summed E-state index contributed by atoms with van der Waals surface area (Å²) < 4.78 is 11.0. The fourth-order valence-electron chi connectivity index (χ4n) is 2.26. The van der Waals surface area contributed by atoms with Gasteiger partial charge in [-0.3, -0.25) is 4.79 Å². The summed E-state index contributed by atoms with van der Waals surface area (Å²) >= 11 is 0. The van der Waals surface area contributed by atoms with Crippen molar-refractivity contribution >= 4 is 5.91 Å². The first-order valence-electron chi connectivity index (χ1n) is 6.08. The highest BCUT2D eigenvalue weighted by molar-refractivity contribution is 5.98. The van der Waals surface area contributed by atoms with Gasteiger partial charge in [-0.05, 0) is 12.1 Å². The molecule has 5 nitrogen and oxygen atoms in total. The number of likely N-dealkylation sites (tertiary alicyclic amines) is 1. The monoisotopic (exact) mass is 249 g/mol. The smallest absolute Gasteiger partial charge is 0.257 e. The Hall–Kier alpha value is -1.75. The van der Waals surface area contributed by atoms with Crippen LogP contribution >= 0.6 is 0 Å². The predicted molar refractivity (Wildman–Crippen MR) is 63.9 cm³/mol. The maximum atomic E-state index is 12.3. The molecule has 1 fully saturated rings. The van der Waals surface area contributed by atoms with E-state index in [-0.39, 0.29) is 18.4 Å². The minimum atomic E-state index is -0.0537. The van der Waals surface area contributed by atoms with Crippen molar-refractivity contribution in [3.8, 4) is 11.5 Å². The third-order valence-electron chi connectivity index (χ3n) is 3.30. The molecule has 5 heteroatoms. The molecule has 0 aliphatic carbocycles. The molecule has 0 atom stereocenters. The molecule has 18 heavy (non-hydrogen) atoms. The number of ether oxygens (including phenoxy) is 2. The second-order valence-corrected chi connectivity index (χ2v) is 4.59. The molecule has 0 spiro atoms. The lowest BCUT2D eigenvalue weighted by Crippen LogP contribution is -2.51. The molecule has 2 heterocycles. The van der Waals surface area contributed by atoms with E-state index in [9.17, 15) is 4.79 Å². The van der Waals surface area contributed by atoms with Gasteiger partial charge in [0.15, 0.2) is 11.5 Å². The van der Waals surface area contributed by atoms with Crippen LogP contribution in [0, 0.1) is 5.92 Å². The van der Waals surface area contributed by atoms with E-state index in [1.54, 1.807) is 23.1 Å². The Bertz CT molecular complexity index is 468. The average Bonchev–Trinajstić information content (AvgIpc) is 2.36. The van der Waals surface area contributed by atoms with Crippen molar-refractivity contribution in [1.29, 1.82) is 0 Å². The molecule has 3 rings (SSSR count). The van der Waals surface area contributed by atoms with Gasteiger partial charge in [0.2, 0.25) is 0 Å². The Labute approximate surface area is 105 Å². The third kappa shape index (κ3) is 1.80. The summed E-state index contributed by atoms with van der Waals surface area (Å²) in [7, 11) is 0. The zero-order valence-electron chi connectivity index (χ0n) is 9.96. The van der Waals surface area contributed by atoms with Gasteiger partial charge in [-0.1, -0.05) is 6.07 Å². The maximum absolute atomic E-state index is 12.3. The molecule has 0 unspecified atom stereocenters. The van der Waals surface area contributed by atoms with E-state index in [1.165, 1.54) is 0 Å². The van der Waals surface area contributed by atoms with Gasteiger partial charge in [0.05, 0.1) is 5.56 Å². The summed E-state index contributed by atoms with van der Waals surface area (Å²) in [5.74, 6) is 1.33. The average molecular weight is 249 g/mol. The van der Waals surface area contributed by atoms with Crippen LogP contribution in [0.3, 0.4) is 0 Å². The normalized spacial score (nSPS) is 18.4. The topological polar surface area (TPSA) is 59.0 Å². The number of fused-ring (bicyclic) bond motifs is 1. The number of aliphatic hydroxyl groups excluding tert-OH is 1. The molecule has 1 aromatic carbocycles. The van der Waals surface area contributed by atoms with E-state index in [0.29, 0.717) is 43.4 Å². The van der Waals surface area contributed by atoms with Crippen LogP contribution < -0.4 is 9.47 Å². The second-order valence-electron chi connectivity index (χ2n) is 4.59. The number of hydrogen-bond acceptors (Lipinski definition) is 4. The van der Waals surface area contributed by atoms with Crippen molar-refractivity contribution in [3.05, 3.63) is 23.8 Å². The summed E-state index contributed by atoms with van der Waals surface area (Å²) in [6.07, 6.45) is 0. The molecule has 2 aliphatic rings. The van der Waals surface area contributed by atoms with Crippen molar-refractivity contribution in [2.75, 3.05) is 32.9 Å². The number of carbonyl (C=O) groups is 1. The van der Waals surface area contributed by atoms with Gasteiger partial charge in [-0.25, -0.2) is 0 Å². The lowest BCUT2D eigenvalue weighted by Gasteiger charge is -2.38. The van der Waals surface area contributed by atoms with Crippen LogP contribution in [0.25, 0.3) is 0 Å². The molecule has 96 valence electrons.